The molecule has 1 N–H and O–H groups in total. The lowest BCUT2D eigenvalue weighted by molar-refractivity contribution is -0.384. The fourth-order valence-electron chi connectivity index (χ4n) is 3.17. The van der Waals surface area contributed by atoms with Crippen LogP contribution >= 0.6 is 0 Å². The molecule has 0 saturated carbocycles. The Hall–Kier alpha value is -2.94. The van der Waals surface area contributed by atoms with Crippen LogP contribution in [0.1, 0.15) is 34.3 Å². The number of nitro groups is 1. The van der Waals surface area contributed by atoms with Crippen LogP contribution in [0, 0.1) is 24.0 Å². The zero-order valence-electron chi connectivity index (χ0n) is 15.6. The Bertz CT molecular complexity index is 1050. The van der Waals surface area contributed by atoms with Gasteiger partial charge >= 0.3 is 0 Å². The van der Waals surface area contributed by atoms with E-state index in [0.717, 1.165) is 12.0 Å². The van der Waals surface area contributed by atoms with Crippen molar-refractivity contribution in [3.63, 3.8) is 0 Å². The predicted molar refractivity (Wildman–Crippen MR) is 107 cm³/mol. The van der Waals surface area contributed by atoms with Crippen molar-refractivity contribution < 1.29 is 18.1 Å². The summed E-state index contributed by atoms with van der Waals surface area (Å²) in [5, 5.41) is 13.8. The SMILES string of the molecule is Cc1ccc(NC(=O)c2ccc(C)c(N3CCCCS3(=O)=O)c2)c([N+](=O)[O-])c1. The van der Waals surface area contributed by atoms with Crippen LogP contribution in [0.4, 0.5) is 17.1 Å². The first-order valence-electron chi connectivity index (χ1n) is 8.86. The Kier molecular flexibility index (Phi) is 5.37. The van der Waals surface area contributed by atoms with E-state index in [0.29, 0.717) is 24.2 Å². The monoisotopic (exact) mass is 403 g/mol. The molecule has 1 fully saturated rings. The lowest BCUT2D eigenvalue weighted by atomic mass is 10.1. The van der Waals surface area contributed by atoms with Gasteiger partial charge in [0.2, 0.25) is 10.0 Å². The molecule has 9 heteroatoms. The van der Waals surface area contributed by atoms with Crippen LogP contribution in [0.25, 0.3) is 0 Å². The van der Waals surface area contributed by atoms with E-state index in [9.17, 15) is 23.3 Å². The summed E-state index contributed by atoms with van der Waals surface area (Å²) in [6.07, 6.45) is 1.37. The number of aryl methyl sites for hydroxylation is 2. The van der Waals surface area contributed by atoms with Crippen LogP contribution in [-0.4, -0.2) is 31.5 Å². The van der Waals surface area contributed by atoms with E-state index < -0.39 is 20.9 Å². The molecule has 0 atom stereocenters. The van der Waals surface area contributed by atoms with Crippen LogP contribution in [0.2, 0.25) is 0 Å². The predicted octanol–water partition coefficient (Wildman–Crippen LogP) is 3.39. The maximum Gasteiger partial charge on any atom is 0.293 e. The number of hydrogen-bond acceptors (Lipinski definition) is 5. The fourth-order valence-corrected chi connectivity index (χ4v) is 4.86. The van der Waals surface area contributed by atoms with Gasteiger partial charge in [0.1, 0.15) is 5.69 Å². The molecule has 2 aromatic rings. The topological polar surface area (TPSA) is 110 Å². The van der Waals surface area contributed by atoms with Gasteiger partial charge in [0, 0.05) is 18.2 Å². The van der Waals surface area contributed by atoms with Gasteiger partial charge in [0.15, 0.2) is 0 Å². The number of sulfonamides is 1. The van der Waals surface area contributed by atoms with Gasteiger partial charge in [-0.15, -0.1) is 0 Å². The van der Waals surface area contributed by atoms with Crippen LogP contribution in [0.15, 0.2) is 36.4 Å². The maximum absolute atomic E-state index is 12.7. The summed E-state index contributed by atoms with van der Waals surface area (Å²) in [7, 11) is -3.41. The standard InChI is InChI=1S/C19H21N3O5S/c1-13-5-8-16(18(11-13)22(24)25)20-19(23)15-7-6-14(2)17(12-15)21-9-3-4-10-28(21,26)27/h5-8,11-12H,3-4,9-10H2,1-2H3,(H,20,23). The van der Waals surface area contributed by atoms with Crippen molar-refractivity contribution in [1.29, 1.82) is 0 Å². The molecule has 0 spiro atoms. The molecular formula is C19H21N3O5S. The largest absolute Gasteiger partial charge is 0.316 e. The summed E-state index contributed by atoms with van der Waals surface area (Å²) in [6, 6.07) is 9.31. The molecule has 1 aliphatic rings. The highest BCUT2D eigenvalue weighted by molar-refractivity contribution is 7.92. The lowest BCUT2D eigenvalue weighted by Crippen LogP contribution is -2.38. The minimum Gasteiger partial charge on any atom is -0.316 e. The molecule has 0 aromatic heterocycles. The average molecular weight is 403 g/mol. The second kappa shape index (κ2) is 7.59. The molecule has 1 aliphatic heterocycles. The number of nitro benzene ring substituents is 1. The Balaban J connectivity index is 1.93. The first-order valence-corrected chi connectivity index (χ1v) is 10.5. The Labute approximate surface area is 163 Å². The number of nitrogens with zero attached hydrogens (tertiary/aromatic N) is 2. The van der Waals surface area contributed by atoms with Gasteiger partial charge in [-0.3, -0.25) is 19.2 Å². The molecule has 2 aromatic carbocycles. The fraction of sp³-hybridized carbons (Fsp3) is 0.316. The van der Waals surface area contributed by atoms with E-state index in [4.69, 9.17) is 0 Å². The molecule has 0 bridgehead atoms. The molecule has 0 unspecified atom stereocenters. The second-order valence-electron chi connectivity index (χ2n) is 6.83. The lowest BCUT2D eigenvalue weighted by Gasteiger charge is -2.29. The van der Waals surface area contributed by atoms with E-state index in [1.807, 2.05) is 0 Å². The molecule has 0 aliphatic carbocycles. The van der Waals surface area contributed by atoms with Crippen molar-refractivity contribution in [2.45, 2.75) is 26.7 Å². The summed E-state index contributed by atoms with van der Waals surface area (Å²) in [6.45, 7) is 3.88. The Morgan fingerprint density at radius 2 is 1.89 bits per heavy atom. The van der Waals surface area contributed by atoms with E-state index in [1.54, 1.807) is 32.0 Å². The average Bonchev–Trinajstić information content (AvgIpc) is 2.63. The van der Waals surface area contributed by atoms with Crippen molar-refractivity contribution >= 4 is 33.0 Å². The van der Waals surface area contributed by atoms with Gasteiger partial charge in [0.25, 0.3) is 11.6 Å². The second-order valence-corrected chi connectivity index (χ2v) is 8.84. The third-order valence-corrected chi connectivity index (χ3v) is 6.54. The quantitative estimate of drug-likeness (QED) is 0.621. The van der Waals surface area contributed by atoms with Crippen molar-refractivity contribution in [3.8, 4) is 0 Å². The van der Waals surface area contributed by atoms with Crippen LogP contribution in [-0.2, 0) is 10.0 Å². The summed E-state index contributed by atoms with van der Waals surface area (Å²) in [4.78, 5) is 23.4. The number of benzene rings is 2. The first kappa shape index (κ1) is 19.8. The zero-order valence-corrected chi connectivity index (χ0v) is 16.5. The van der Waals surface area contributed by atoms with Crippen LogP contribution < -0.4 is 9.62 Å². The van der Waals surface area contributed by atoms with E-state index in [-0.39, 0.29) is 22.7 Å². The van der Waals surface area contributed by atoms with Crippen molar-refractivity contribution in [3.05, 3.63) is 63.2 Å². The molecule has 3 rings (SSSR count). The maximum atomic E-state index is 12.7. The molecule has 1 amide bonds. The molecule has 148 valence electrons. The van der Waals surface area contributed by atoms with E-state index in [2.05, 4.69) is 5.32 Å². The third kappa shape index (κ3) is 3.99. The van der Waals surface area contributed by atoms with E-state index >= 15 is 0 Å². The minimum atomic E-state index is -3.41. The number of amides is 1. The van der Waals surface area contributed by atoms with Crippen molar-refractivity contribution in [1.82, 2.24) is 0 Å². The molecule has 28 heavy (non-hydrogen) atoms. The molecule has 1 saturated heterocycles. The highest BCUT2D eigenvalue weighted by atomic mass is 32.2. The minimum absolute atomic E-state index is 0.0818. The van der Waals surface area contributed by atoms with Crippen LogP contribution in [0.3, 0.4) is 0 Å². The van der Waals surface area contributed by atoms with Gasteiger partial charge in [-0.25, -0.2) is 8.42 Å². The summed E-state index contributed by atoms with van der Waals surface area (Å²) >= 11 is 0. The van der Waals surface area contributed by atoms with Crippen molar-refractivity contribution in [2.75, 3.05) is 21.9 Å². The number of anilines is 2. The Morgan fingerprint density at radius 1 is 1.14 bits per heavy atom. The van der Waals surface area contributed by atoms with Crippen molar-refractivity contribution in [2.24, 2.45) is 0 Å². The molecule has 8 nitrogen and oxygen atoms in total. The smallest absolute Gasteiger partial charge is 0.293 e. The van der Waals surface area contributed by atoms with Gasteiger partial charge in [-0.05, 0) is 56.0 Å². The first-order chi connectivity index (χ1) is 13.2. The van der Waals surface area contributed by atoms with E-state index in [1.165, 1.54) is 22.5 Å². The Morgan fingerprint density at radius 3 is 2.57 bits per heavy atom. The summed E-state index contributed by atoms with van der Waals surface area (Å²) in [5.41, 5.74) is 2.04. The number of carbonyl (C=O) groups excluding carboxylic acids is 1. The van der Waals surface area contributed by atoms with Gasteiger partial charge in [-0.1, -0.05) is 12.1 Å². The number of carbonyl (C=O) groups is 1. The van der Waals surface area contributed by atoms with Crippen LogP contribution in [0.5, 0.6) is 0 Å². The van der Waals surface area contributed by atoms with Gasteiger partial charge < -0.3 is 5.32 Å². The van der Waals surface area contributed by atoms with Gasteiger partial charge in [-0.2, -0.15) is 0 Å². The highest BCUT2D eigenvalue weighted by Gasteiger charge is 2.28. The highest BCUT2D eigenvalue weighted by Crippen LogP contribution is 2.29. The molecular weight excluding hydrogens is 382 g/mol. The zero-order chi connectivity index (χ0) is 20.5. The third-order valence-electron chi connectivity index (χ3n) is 4.69. The summed E-state index contributed by atoms with van der Waals surface area (Å²) < 4.78 is 26.2. The molecule has 0 radical (unpaired) electrons. The number of hydrogen-bond donors (Lipinski definition) is 1. The molecule has 1 heterocycles. The van der Waals surface area contributed by atoms with Gasteiger partial charge in [0.05, 0.1) is 16.4 Å². The number of nitrogens with one attached hydrogen (secondary N) is 1. The summed E-state index contributed by atoms with van der Waals surface area (Å²) in [5.74, 6) is -0.457. The normalized spacial score (nSPS) is 15.9. The number of rotatable bonds is 4.